The Kier molecular flexibility index (Phi) is 4.30. The van der Waals surface area contributed by atoms with Crippen molar-refractivity contribution in [3.05, 3.63) is 53.7 Å². The van der Waals surface area contributed by atoms with Crippen molar-refractivity contribution in [3.63, 3.8) is 0 Å². The van der Waals surface area contributed by atoms with Crippen molar-refractivity contribution in [2.45, 2.75) is 19.4 Å². The van der Waals surface area contributed by atoms with E-state index in [0.29, 0.717) is 5.76 Å². The predicted octanol–water partition coefficient (Wildman–Crippen LogP) is 1.38. The van der Waals surface area contributed by atoms with Crippen LogP contribution in [-0.2, 0) is 11.2 Å². The first kappa shape index (κ1) is 13.3. The number of aromatic nitrogens is 1. The van der Waals surface area contributed by atoms with Gasteiger partial charge in [0.2, 0.25) is 5.91 Å². The highest BCUT2D eigenvalue weighted by molar-refractivity contribution is 5.78. The maximum atomic E-state index is 11.7. The predicted molar refractivity (Wildman–Crippen MR) is 69.4 cm³/mol. The molecule has 0 saturated carbocycles. The number of nitrogens with one attached hydrogen (secondary N) is 1. The first-order valence-corrected chi connectivity index (χ1v) is 6.05. The lowest BCUT2D eigenvalue weighted by atomic mass is 10.2. The number of carbonyl (C=O) groups excluding carboxylic acids is 1. The third kappa shape index (κ3) is 3.93. The van der Waals surface area contributed by atoms with Gasteiger partial charge in [0.05, 0.1) is 19.2 Å². The SMILES string of the molecule is Cc1ccc(CC(=O)NCC(O)c2ccco2)cn1. The molecule has 0 fully saturated rings. The van der Waals surface area contributed by atoms with Crippen molar-refractivity contribution in [2.24, 2.45) is 0 Å². The summed E-state index contributed by atoms with van der Waals surface area (Å²) in [4.78, 5) is 15.8. The van der Waals surface area contributed by atoms with Crippen molar-refractivity contribution in [1.82, 2.24) is 10.3 Å². The van der Waals surface area contributed by atoms with Crippen LogP contribution in [-0.4, -0.2) is 22.5 Å². The number of amides is 1. The molecule has 0 aliphatic carbocycles. The summed E-state index contributed by atoms with van der Waals surface area (Å²) in [7, 11) is 0. The van der Waals surface area contributed by atoms with Gasteiger partial charge < -0.3 is 14.8 Å². The van der Waals surface area contributed by atoms with E-state index in [9.17, 15) is 9.90 Å². The Morgan fingerprint density at radius 2 is 2.32 bits per heavy atom. The number of aryl methyl sites for hydroxylation is 1. The molecule has 0 saturated heterocycles. The van der Waals surface area contributed by atoms with Crippen LogP contribution in [0.1, 0.15) is 23.1 Å². The molecule has 1 atom stereocenters. The second-order valence-corrected chi connectivity index (χ2v) is 4.32. The van der Waals surface area contributed by atoms with Gasteiger partial charge >= 0.3 is 0 Å². The Morgan fingerprint density at radius 1 is 1.47 bits per heavy atom. The van der Waals surface area contributed by atoms with Crippen molar-refractivity contribution in [3.8, 4) is 0 Å². The molecule has 5 nitrogen and oxygen atoms in total. The molecule has 0 aliphatic heterocycles. The average Bonchev–Trinajstić information content (AvgIpc) is 2.93. The molecule has 2 heterocycles. The minimum absolute atomic E-state index is 0.131. The van der Waals surface area contributed by atoms with Crippen LogP contribution < -0.4 is 5.32 Å². The maximum Gasteiger partial charge on any atom is 0.224 e. The van der Waals surface area contributed by atoms with Crippen LogP contribution in [0.4, 0.5) is 0 Å². The molecule has 0 aromatic carbocycles. The fourth-order valence-corrected chi connectivity index (χ4v) is 1.64. The lowest BCUT2D eigenvalue weighted by Gasteiger charge is -2.09. The van der Waals surface area contributed by atoms with Gasteiger partial charge in [-0.25, -0.2) is 0 Å². The Balaban J connectivity index is 1.80. The molecule has 1 amide bonds. The maximum absolute atomic E-state index is 11.7. The molecule has 5 heteroatoms. The van der Waals surface area contributed by atoms with Crippen LogP contribution in [0, 0.1) is 6.92 Å². The van der Waals surface area contributed by atoms with Crippen LogP contribution in [0.15, 0.2) is 41.1 Å². The van der Waals surface area contributed by atoms with E-state index < -0.39 is 6.10 Å². The van der Waals surface area contributed by atoms with Crippen LogP contribution in [0.3, 0.4) is 0 Å². The first-order valence-electron chi connectivity index (χ1n) is 6.05. The number of aliphatic hydroxyl groups excluding tert-OH is 1. The molecule has 0 spiro atoms. The van der Waals surface area contributed by atoms with E-state index in [2.05, 4.69) is 10.3 Å². The number of furan rings is 1. The van der Waals surface area contributed by atoms with Crippen molar-refractivity contribution >= 4 is 5.91 Å². The Bertz CT molecular complexity index is 520. The molecule has 1 unspecified atom stereocenters. The fourth-order valence-electron chi connectivity index (χ4n) is 1.64. The summed E-state index contributed by atoms with van der Waals surface area (Å²) in [6.45, 7) is 2.02. The van der Waals surface area contributed by atoms with E-state index in [1.165, 1.54) is 6.26 Å². The molecule has 2 aromatic rings. The van der Waals surface area contributed by atoms with Gasteiger partial charge in [0.1, 0.15) is 11.9 Å². The van der Waals surface area contributed by atoms with Crippen molar-refractivity contribution < 1.29 is 14.3 Å². The number of nitrogens with zero attached hydrogens (tertiary/aromatic N) is 1. The highest BCUT2D eigenvalue weighted by atomic mass is 16.4. The van der Waals surface area contributed by atoms with Crippen molar-refractivity contribution in [2.75, 3.05) is 6.54 Å². The monoisotopic (exact) mass is 260 g/mol. The van der Waals surface area contributed by atoms with Gasteiger partial charge in [-0.15, -0.1) is 0 Å². The van der Waals surface area contributed by atoms with Crippen LogP contribution in [0.2, 0.25) is 0 Å². The zero-order chi connectivity index (χ0) is 13.7. The zero-order valence-electron chi connectivity index (χ0n) is 10.7. The number of carbonyl (C=O) groups is 1. The number of hydrogen-bond acceptors (Lipinski definition) is 4. The number of aliphatic hydroxyl groups is 1. The average molecular weight is 260 g/mol. The standard InChI is InChI=1S/C14H16N2O3/c1-10-4-5-11(8-15-10)7-14(18)16-9-12(17)13-3-2-6-19-13/h2-6,8,12,17H,7,9H2,1H3,(H,16,18). The third-order valence-corrected chi connectivity index (χ3v) is 2.70. The number of rotatable bonds is 5. The second-order valence-electron chi connectivity index (χ2n) is 4.32. The normalized spacial score (nSPS) is 12.1. The molecule has 0 aliphatic rings. The van der Waals surface area contributed by atoms with Gasteiger partial charge in [-0.1, -0.05) is 6.07 Å². The molecule has 0 radical (unpaired) electrons. The fraction of sp³-hybridized carbons (Fsp3) is 0.286. The number of hydrogen-bond donors (Lipinski definition) is 2. The molecule has 2 aromatic heterocycles. The van der Waals surface area contributed by atoms with E-state index in [-0.39, 0.29) is 18.9 Å². The van der Waals surface area contributed by atoms with Crippen LogP contribution in [0.25, 0.3) is 0 Å². The van der Waals surface area contributed by atoms with E-state index in [0.717, 1.165) is 11.3 Å². The van der Waals surface area contributed by atoms with E-state index in [1.54, 1.807) is 18.3 Å². The first-order chi connectivity index (χ1) is 9.15. The van der Waals surface area contributed by atoms with Gasteiger partial charge in [-0.2, -0.15) is 0 Å². The van der Waals surface area contributed by atoms with Gasteiger partial charge in [0.15, 0.2) is 0 Å². The summed E-state index contributed by atoms with van der Waals surface area (Å²) < 4.78 is 5.05. The van der Waals surface area contributed by atoms with Crippen molar-refractivity contribution in [1.29, 1.82) is 0 Å². The van der Waals surface area contributed by atoms with E-state index in [4.69, 9.17) is 4.42 Å². The van der Waals surface area contributed by atoms with E-state index in [1.807, 2.05) is 19.1 Å². The Morgan fingerprint density at radius 3 is 2.95 bits per heavy atom. The summed E-state index contributed by atoms with van der Waals surface area (Å²) in [5.74, 6) is 0.286. The van der Waals surface area contributed by atoms with Crippen LogP contribution >= 0.6 is 0 Å². The largest absolute Gasteiger partial charge is 0.467 e. The minimum atomic E-state index is -0.824. The molecular weight excluding hydrogens is 244 g/mol. The van der Waals surface area contributed by atoms with Gasteiger partial charge in [-0.3, -0.25) is 9.78 Å². The molecular formula is C14H16N2O3. The summed E-state index contributed by atoms with van der Waals surface area (Å²) in [5.41, 5.74) is 1.76. The van der Waals surface area contributed by atoms with Gasteiger partial charge in [-0.05, 0) is 30.7 Å². The lowest BCUT2D eigenvalue weighted by Crippen LogP contribution is -2.29. The summed E-state index contributed by atoms with van der Waals surface area (Å²) >= 11 is 0. The Hall–Kier alpha value is -2.14. The molecule has 19 heavy (non-hydrogen) atoms. The summed E-state index contributed by atoms with van der Waals surface area (Å²) in [5, 5.41) is 12.4. The molecule has 2 N–H and O–H groups in total. The highest BCUT2D eigenvalue weighted by Gasteiger charge is 2.12. The molecule has 2 rings (SSSR count). The number of pyridine rings is 1. The molecule has 0 bridgehead atoms. The summed E-state index contributed by atoms with van der Waals surface area (Å²) in [6, 6.07) is 7.09. The minimum Gasteiger partial charge on any atom is -0.467 e. The quantitative estimate of drug-likeness (QED) is 0.851. The zero-order valence-corrected chi connectivity index (χ0v) is 10.7. The van der Waals surface area contributed by atoms with Gasteiger partial charge in [0.25, 0.3) is 0 Å². The summed E-state index contributed by atoms with van der Waals surface area (Å²) in [6.07, 6.45) is 2.59. The third-order valence-electron chi connectivity index (χ3n) is 2.70. The smallest absolute Gasteiger partial charge is 0.224 e. The topological polar surface area (TPSA) is 75.4 Å². The highest BCUT2D eigenvalue weighted by Crippen LogP contribution is 2.11. The second kappa shape index (κ2) is 6.15. The van der Waals surface area contributed by atoms with Gasteiger partial charge in [0, 0.05) is 11.9 Å². The molecule has 100 valence electrons. The van der Waals surface area contributed by atoms with Crippen LogP contribution in [0.5, 0.6) is 0 Å². The lowest BCUT2D eigenvalue weighted by molar-refractivity contribution is -0.120. The van der Waals surface area contributed by atoms with E-state index >= 15 is 0 Å². The Labute approximate surface area is 111 Å².